The number of hydrogen-bond donors (Lipinski definition) is 1. The largest absolute Gasteiger partial charge is 0.465 e. The molecule has 0 amide bonds. The number of carbonyl (C=O) groups excluding carboxylic acids is 1. The van der Waals surface area contributed by atoms with Crippen molar-refractivity contribution in [2.75, 3.05) is 33.4 Å². The SMILES string of the molecule is CCOC(=O)C(C)(N)CCN(CCOC)C(C)CC. The van der Waals surface area contributed by atoms with Crippen molar-refractivity contribution in [1.29, 1.82) is 0 Å². The molecule has 0 rings (SSSR count). The molecule has 0 heterocycles. The van der Waals surface area contributed by atoms with Gasteiger partial charge in [-0.1, -0.05) is 6.92 Å². The molecule has 0 saturated heterocycles. The van der Waals surface area contributed by atoms with Crippen LogP contribution in [-0.4, -0.2) is 55.9 Å². The third-order valence-corrected chi connectivity index (χ3v) is 3.46. The highest BCUT2D eigenvalue weighted by atomic mass is 16.5. The molecule has 0 aliphatic rings. The first kappa shape index (κ1) is 18.4. The summed E-state index contributed by atoms with van der Waals surface area (Å²) in [4.78, 5) is 14.0. The minimum atomic E-state index is -0.922. The van der Waals surface area contributed by atoms with E-state index in [0.717, 1.165) is 19.5 Å². The lowest BCUT2D eigenvalue weighted by molar-refractivity contribution is -0.149. The topological polar surface area (TPSA) is 64.8 Å². The van der Waals surface area contributed by atoms with E-state index in [2.05, 4.69) is 18.7 Å². The van der Waals surface area contributed by atoms with Crippen LogP contribution >= 0.6 is 0 Å². The third-order valence-electron chi connectivity index (χ3n) is 3.46. The van der Waals surface area contributed by atoms with Crippen molar-refractivity contribution in [3.05, 3.63) is 0 Å². The Labute approximate surface area is 117 Å². The number of carbonyl (C=O) groups is 1. The van der Waals surface area contributed by atoms with Crippen molar-refractivity contribution in [2.24, 2.45) is 5.73 Å². The van der Waals surface area contributed by atoms with Gasteiger partial charge in [0.05, 0.1) is 13.2 Å². The first-order valence-electron chi connectivity index (χ1n) is 7.08. The second-order valence-corrected chi connectivity index (χ2v) is 5.17. The standard InChI is InChI=1S/C14H30N2O3/c1-6-12(3)16(10-11-18-5)9-8-14(4,15)13(17)19-7-2/h12H,6-11,15H2,1-5H3. The number of methoxy groups -OCH3 is 1. The molecule has 114 valence electrons. The number of rotatable bonds is 10. The lowest BCUT2D eigenvalue weighted by atomic mass is 9.98. The van der Waals surface area contributed by atoms with Gasteiger partial charge in [-0.15, -0.1) is 0 Å². The lowest BCUT2D eigenvalue weighted by Crippen LogP contribution is -2.49. The Hall–Kier alpha value is -0.650. The fourth-order valence-electron chi connectivity index (χ4n) is 1.79. The highest BCUT2D eigenvalue weighted by Gasteiger charge is 2.30. The Balaban J connectivity index is 4.39. The highest BCUT2D eigenvalue weighted by molar-refractivity contribution is 5.79. The van der Waals surface area contributed by atoms with Crippen molar-refractivity contribution >= 4 is 5.97 Å². The van der Waals surface area contributed by atoms with Crippen LogP contribution in [0.2, 0.25) is 0 Å². The van der Waals surface area contributed by atoms with E-state index in [4.69, 9.17) is 15.2 Å². The third kappa shape index (κ3) is 6.89. The number of ether oxygens (including phenoxy) is 2. The highest BCUT2D eigenvalue weighted by Crippen LogP contribution is 2.12. The second kappa shape index (κ2) is 9.28. The maximum Gasteiger partial charge on any atom is 0.325 e. The number of nitrogens with two attached hydrogens (primary N) is 1. The van der Waals surface area contributed by atoms with Crippen LogP contribution in [0.4, 0.5) is 0 Å². The van der Waals surface area contributed by atoms with E-state index in [9.17, 15) is 4.79 Å². The van der Waals surface area contributed by atoms with Gasteiger partial charge in [0.15, 0.2) is 0 Å². The second-order valence-electron chi connectivity index (χ2n) is 5.17. The summed E-state index contributed by atoms with van der Waals surface area (Å²) in [6.45, 7) is 10.5. The predicted octanol–water partition coefficient (Wildman–Crippen LogP) is 1.40. The van der Waals surface area contributed by atoms with Gasteiger partial charge in [0.1, 0.15) is 5.54 Å². The van der Waals surface area contributed by atoms with Crippen molar-refractivity contribution in [3.8, 4) is 0 Å². The summed E-state index contributed by atoms with van der Waals surface area (Å²) in [6, 6.07) is 0.452. The molecule has 0 aromatic rings. The van der Waals surface area contributed by atoms with Crippen LogP contribution in [0, 0.1) is 0 Å². The lowest BCUT2D eigenvalue weighted by Gasteiger charge is -2.31. The van der Waals surface area contributed by atoms with Gasteiger partial charge in [-0.05, 0) is 33.6 Å². The first-order chi connectivity index (χ1) is 8.88. The van der Waals surface area contributed by atoms with E-state index in [-0.39, 0.29) is 5.97 Å². The zero-order valence-electron chi connectivity index (χ0n) is 13.1. The maximum absolute atomic E-state index is 11.7. The molecule has 19 heavy (non-hydrogen) atoms. The van der Waals surface area contributed by atoms with E-state index < -0.39 is 5.54 Å². The van der Waals surface area contributed by atoms with Crippen molar-refractivity contribution in [1.82, 2.24) is 4.90 Å². The van der Waals surface area contributed by atoms with Crippen LogP contribution in [-0.2, 0) is 14.3 Å². The molecular formula is C14H30N2O3. The van der Waals surface area contributed by atoms with Crippen LogP contribution < -0.4 is 5.73 Å². The molecular weight excluding hydrogens is 244 g/mol. The summed E-state index contributed by atoms with van der Waals surface area (Å²) in [5.74, 6) is -0.328. The van der Waals surface area contributed by atoms with Gasteiger partial charge in [-0.25, -0.2) is 0 Å². The van der Waals surface area contributed by atoms with Crippen molar-refractivity contribution in [3.63, 3.8) is 0 Å². The van der Waals surface area contributed by atoms with Gasteiger partial charge < -0.3 is 15.2 Å². The molecule has 0 spiro atoms. The molecule has 0 bridgehead atoms. The molecule has 0 aromatic heterocycles. The summed E-state index contributed by atoms with van der Waals surface area (Å²) in [6.07, 6.45) is 1.64. The van der Waals surface area contributed by atoms with Crippen molar-refractivity contribution in [2.45, 2.75) is 52.1 Å². The Bertz CT molecular complexity index is 257. The molecule has 5 heteroatoms. The van der Waals surface area contributed by atoms with Gasteiger partial charge in [0.2, 0.25) is 0 Å². The van der Waals surface area contributed by atoms with Gasteiger partial charge in [0, 0.05) is 26.2 Å². The van der Waals surface area contributed by atoms with Crippen LogP contribution in [0.1, 0.15) is 40.5 Å². The summed E-state index contributed by atoms with van der Waals surface area (Å²) < 4.78 is 10.1. The zero-order valence-corrected chi connectivity index (χ0v) is 13.1. The summed E-state index contributed by atoms with van der Waals surface area (Å²) in [7, 11) is 1.69. The molecule has 0 aliphatic carbocycles. The molecule has 2 unspecified atom stereocenters. The molecule has 2 atom stereocenters. The zero-order chi connectivity index (χ0) is 14.9. The fourth-order valence-corrected chi connectivity index (χ4v) is 1.79. The molecule has 0 fully saturated rings. The van der Waals surface area contributed by atoms with E-state index in [1.54, 1.807) is 21.0 Å². The van der Waals surface area contributed by atoms with Crippen LogP contribution in [0.3, 0.4) is 0 Å². The Morgan fingerprint density at radius 1 is 1.37 bits per heavy atom. The number of esters is 1. The molecule has 0 aliphatic heterocycles. The van der Waals surface area contributed by atoms with E-state index in [1.165, 1.54) is 0 Å². The fraction of sp³-hybridized carbons (Fsp3) is 0.929. The summed E-state index contributed by atoms with van der Waals surface area (Å²) in [5.41, 5.74) is 5.11. The summed E-state index contributed by atoms with van der Waals surface area (Å²) >= 11 is 0. The van der Waals surface area contributed by atoms with Crippen molar-refractivity contribution < 1.29 is 14.3 Å². The maximum atomic E-state index is 11.7. The number of hydrogen-bond acceptors (Lipinski definition) is 5. The van der Waals surface area contributed by atoms with Crippen LogP contribution in [0.25, 0.3) is 0 Å². The van der Waals surface area contributed by atoms with Gasteiger partial charge >= 0.3 is 5.97 Å². The average Bonchev–Trinajstić information content (AvgIpc) is 2.38. The first-order valence-corrected chi connectivity index (χ1v) is 7.08. The summed E-state index contributed by atoms with van der Waals surface area (Å²) in [5, 5.41) is 0. The smallest absolute Gasteiger partial charge is 0.325 e. The van der Waals surface area contributed by atoms with E-state index >= 15 is 0 Å². The van der Waals surface area contributed by atoms with Gasteiger partial charge in [-0.2, -0.15) is 0 Å². The Morgan fingerprint density at radius 3 is 2.47 bits per heavy atom. The molecule has 5 nitrogen and oxygen atoms in total. The Morgan fingerprint density at radius 2 is 2.00 bits per heavy atom. The molecule has 2 N–H and O–H groups in total. The number of nitrogens with zero attached hydrogens (tertiary/aromatic N) is 1. The average molecular weight is 274 g/mol. The van der Waals surface area contributed by atoms with Crippen LogP contribution in [0.15, 0.2) is 0 Å². The minimum absolute atomic E-state index is 0.328. The minimum Gasteiger partial charge on any atom is -0.465 e. The molecule has 0 saturated carbocycles. The molecule has 0 radical (unpaired) electrons. The van der Waals surface area contributed by atoms with Crippen LogP contribution in [0.5, 0.6) is 0 Å². The van der Waals surface area contributed by atoms with Gasteiger partial charge in [-0.3, -0.25) is 9.69 Å². The van der Waals surface area contributed by atoms with Gasteiger partial charge in [0.25, 0.3) is 0 Å². The Kier molecular flexibility index (Phi) is 8.97. The molecule has 0 aromatic carbocycles. The predicted molar refractivity (Wildman–Crippen MR) is 77.0 cm³/mol. The quantitative estimate of drug-likeness (QED) is 0.610. The normalized spacial score (nSPS) is 16.2. The monoisotopic (exact) mass is 274 g/mol. The van der Waals surface area contributed by atoms with E-state index in [0.29, 0.717) is 25.7 Å². The van der Waals surface area contributed by atoms with E-state index in [1.807, 2.05) is 0 Å².